The van der Waals surface area contributed by atoms with E-state index in [1.165, 1.54) is 0 Å². The van der Waals surface area contributed by atoms with Crippen LogP contribution in [0.15, 0.2) is 18.2 Å². The summed E-state index contributed by atoms with van der Waals surface area (Å²) >= 11 is 0. The Hall–Kier alpha value is -1.34. The van der Waals surface area contributed by atoms with Crippen molar-refractivity contribution >= 4 is 0 Å². The van der Waals surface area contributed by atoms with Crippen LogP contribution in [0.3, 0.4) is 0 Å². The standard InChI is InChI=1S/C15H23NO5/c1-2-12(7-17)16-6-13(18)9-19-8-11-3-4-14-15(5-11)21-10-20-14/h3-5,12-13,16-18H,2,6-10H2,1H3/p+1/t12-,13+/m0/s1. The lowest BCUT2D eigenvalue weighted by Gasteiger charge is -2.14. The van der Waals surface area contributed by atoms with E-state index in [-0.39, 0.29) is 26.0 Å². The molecule has 4 N–H and O–H groups in total. The fraction of sp³-hybridized carbons (Fsp3) is 0.600. The van der Waals surface area contributed by atoms with E-state index in [0.717, 1.165) is 23.5 Å². The first-order chi connectivity index (χ1) is 10.2. The van der Waals surface area contributed by atoms with Gasteiger partial charge in [-0.05, 0) is 24.1 Å². The predicted molar refractivity (Wildman–Crippen MR) is 76.2 cm³/mol. The lowest BCUT2D eigenvalue weighted by molar-refractivity contribution is -0.696. The SMILES string of the molecule is CC[C@@H](CO)[NH2+]C[C@@H](O)COCc1ccc2c(c1)OCO2. The summed E-state index contributed by atoms with van der Waals surface area (Å²) in [6.07, 6.45) is 0.334. The summed E-state index contributed by atoms with van der Waals surface area (Å²) < 4.78 is 16.1. The third kappa shape index (κ3) is 4.86. The van der Waals surface area contributed by atoms with Gasteiger partial charge in [-0.3, -0.25) is 0 Å². The highest BCUT2D eigenvalue weighted by Gasteiger charge is 2.14. The molecule has 1 aliphatic heterocycles. The molecule has 118 valence electrons. The van der Waals surface area contributed by atoms with Crippen molar-refractivity contribution < 1.29 is 29.7 Å². The highest BCUT2D eigenvalue weighted by atomic mass is 16.7. The molecular weight excluding hydrogens is 274 g/mol. The summed E-state index contributed by atoms with van der Waals surface area (Å²) in [5, 5.41) is 20.9. The fourth-order valence-electron chi connectivity index (χ4n) is 2.13. The fourth-order valence-corrected chi connectivity index (χ4v) is 2.13. The Morgan fingerprint density at radius 3 is 2.90 bits per heavy atom. The molecule has 0 unspecified atom stereocenters. The summed E-state index contributed by atoms with van der Waals surface area (Å²) in [5.74, 6) is 1.49. The van der Waals surface area contributed by atoms with Crippen LogP contribution in [-0.4, -0.2) is 48.9 Å². The lowest BCUT2D eigenvalue weighted by Crippen LogP contribution is -2.92. The summed E-state index contributed by atoms with van der Waals surface area (Å²) in [4.78, 5) is 0. The Morgan fingerprint density at radius 2 is 2.14 bits per heavy atom. The van der Waals surface area contributed by atoms with E-state index < -0.39 is 6.10 Å². The summed E-state index contributed by atoms with van der Waals surface area (Å²) in [7, 11) is 0. The van der Waals surface area contributed by atoms with Gasteiger partial charge in [0.1, 0.15) is 18.7 Å². The molecule has 0 aliphatic carbocycles. The van der Waals surface area contributed by atoms with Crippen molar-refractivity contribution in [3.8, 4) is 11.5 Å². The Kier molecular flexibility index (Phi) is 6.25. The van der Waals surface area contributed by atoms with Gasteiger partial charge in [-0.25, -0.2) is 0 Å². The van der Waals surface area contributed by atoms with Gasteiger partial charge in [0.25, 0.3) is 0 Å². The molecule has 2 atom stereocenters. The van der Waals surface area contributed by atoms with E-state index in [4.69, 9.17) is 19.3 Å². The maximum atomic E-state index is 9.84. The maximum Gasteiger partial charge on any atom is 0.231 e. The van der Waals surface area contributed by atoms with Crippen LogP contribution in [0.1, 0.15) is 18.9 Å². The number of rotatable bonds is 9. The van der Waals surface area contributed by atoms with Crippen LogP contribution < -0.4 is 14.8 Å². The second kappa shape index (κ2) is 8.19. The smallest absolute Gasteiger partial charge is 0.231 e. The summed E-state index contributed by atoms with van der Waals surface area (Å²) in [6.45, 7) is 3.62. The number of aliphatic hydroxyl groups excluding tert-OH is 2. The van der Waals surface area contributed by atoms with Gasteiger partial charge in [0.05, 0.1) is 19.8 Å². The molecular formula is C15H24NO5+. The van der Waals surface area contributed by atoms with Crippen LogP contribution in [0.2, 0.25) is 0 Å². The zero-order chi connectivity index (χ0) is 15.1. The van der Waals surface area contributed by atoms with Crippen LogP contribution >= 0.6 is 0 Å². The van der Waals surface area contributed by atoms with E-state index in [1.54, 1.807) is 0 Å². The van der Waals surface area contributed by atoms with E-state index >= 15 is 0 Å². The molecule has 6 heteroatoms. The minimum Gasteiger partial charge on any atom is -0.454 e. The first kappa shape index (κ1) is 16.0. The second-order valence-electron chi connectivity index (χ2n) is 5.18. The summed E-state index contributed by atoms with van der Waals surface area (Å²) in [5.41, 5.74) is 0.984. The van der Waals surface area contributed by atoms with Crippen molar-refractivity contribution in [2.24, 2.45) is 0 Å². The topological polar surface area (TPSA) is 84.8 Å². The highest BCUT2D eigenvalue weighted by Crippen LogP contribution is 2.32. The van der Waals surface area contributed by atoms with Crippen molar-refractivity contribution in [2.45, 2.75) is 32.1 Å². The van der Waals surface area contributed by atoms with Gasteiger partial charge in [0.2, 0.25) is 6.79 Å². The van der Waals surface area contributed by atoms with E-state index in [9.17, 15) is 5.11 Å². The van der Waals surface area contributed by atoms with E-state index in [1.807, 2.05) is 30.4 Å². The number of nitrogens with two attached hydrogens (primary N) is 1. The number of aliphatic hydroxyl groups is 2. The van der Waals surface area contributed by atoms with E-state index in [2.05, 4.69) is 0 Å². The Morgan fingerprint density at radius 1 is 1.33 bits per heavy atom. The predicted octanol–water partition coefficient (Wildman–Crippen LogP) is -0.373. The Labute approximate surface area is 124 Å². The minimum absolute atomic E-state index is 0.126. The molecule has 21 heavy (non-hydrogen) atoms. The molecule has 1 aliphatic rings. The van der Waals surface area contributed by atoms with Crippen molar-refractivity contribution in [3.63, 3.8) is 0 Å². The van der Waals surface area contributed by atoms with Crippen molar-refractivity contribution in [1.82, 2.24) is 0 Å². The number of benzene rings is 1. The average molecular weight is 298 g/mol. The number of hydrogen-bond donors (Lipinski definition) is 3. The normalized spacial score (nSPS) is 16.0. The second-order valence-corrected chi connectivity index (χ2v) is 5.18. The Balaban J connectivity index is 1.67. The van der Waals surface area contributed by atoms with Crippen LogP contribution in [0.4, 0.5) is 0 Å². The van der Waals surface area contributed by atoms with Gasteiger partial charge in [0, 0.05) is 0 Å². The van der Waals surface area contributed by atoms with Crippen molar-refractivity contribution in [3.05, 3.63) is 23.8 Å². The summed E-state index contributed by atoms with van der Waals surface area (Å²) in [6, 6.07) is 5.82. The molecule has 0 amide bonds. The third-order valence-electron chi connectivity index (χ3n) is 3.52. The number of ether oxygens (including phenoxy) is 3. The Bertz CT molecular complexity index is 436. The molecule has 0 bridgehead atoms. The van der Waals surface area contributed by atoms with Gasteiger partial charge in [-0.15, -0.1) is 0 Å². The van der Waals surface area contributed by atoms with Crippen molar-refractivity contribution in [2.75, 3.05) is 26.6 Å². The molecule has 2 rings (SSSR count). The van der Waals surface area contributed by atoms with Gasteiger partial charge >= 0.3 is 0 Å². The quantitative estimate of drug-likeness (QED) is 0.579. The molecule has 0 fully saturated rings. The molecule has 1 heterocycles. The molecule has 0 saturated heterocycles. The molecule has 6 nitrogen and oxygen atoms in total. The van der Waals surface area contributed by atoms with Crippen LogP contribution in [-0.2, 0) is 11.3 Å². The molecule has 0 saturated carbocycles. The molecule has 0 aromatic heterocycles. The average Bonchev–Trinajstić information content (AvgIpc) is 2.96. The number of quaternary nitrogens is 1. The van der Waals surface area contributed by atoms with Gasteiger partial charge < -0.3 is 29.7 Å². The number of fused-ring (bicyclic) bond motifs is 1. The maximum absolute atomic E-state index is 9.84. The molecule has 0 spiro atoms. The zero-order valence-electron chi connectivity index (χ0n) is 12.3. The highest BCUT2D eigenvalue weighted by molar-refractivity contribution is 5.44. The third-order valence-corrected chi connectivity index (χ3v) is 3.52. The van der Waals surface area contributed by atoms with Crippen LogP contribution in [0, 0.1) is 0 Å². The lowest BCUT2D eigenvalue weighted by atomic mass is 10.2. The van der Waals surface area contributed by atoms with Crippen LogP contribution in [0.5, 0.6) is 11.5 Å². The van der Waals surface area contributed by atoms with E-state index in [0.29, 0.717) is 13.2 Å². The van der Waals surface area contributed by atoms with Crippen molar-refractivity contribution in [1.29, 1.82) is 0 Å². The monoisotopic (exact) mass is 298 g/mol. The van der Waals surface area contributed by atoms with Crippen LogP contribution in [0.25, 0.3) is 0 Å². The first-order valence-corrected chi connectivity index (χ1v) is 7.31. The largest absolute Gasteiger partial charge is 0.454 e. The zero-order valence-corrected chi connectivity index (χ0v) is 12.3. The minimum atomic E-state index is -0.542. The molecule has 1 aromatic carbocycles. The molecule has 1 aromatic rings. The van der Waals surface area contributed by atoms with Gasteiger partial charge in [0.15, 0.2) is 11.5 Å². The number of hydrogen-bond acceptors (Lipinski definition) is 5. The van der Waals surface area contributed by atoms with Gasteiger partial charge in [-0.1, -0.05) is 13.0 Å². The first-order valence-electron chi connectivity index (χ1n) is 7.31. The molecule has 0 radical (unpaired) electrons. The van der Waals surface area contributed by atoms with Gasteiger partial charge in [-0.2, -0.15) is 0 Å².